The first-order valence-electron chi connectivity index (χ1n) is 6.11. The number of allylic oxidation sites excluding steroid dienone is 3. The van der Waals surface area contributed by atoms with E-state index in [1.807, 2.05) is 30.7 Å². The van der Waals surface area contributed by atoms with Gasteiger partial charge >= 0.3 is 6.18 Å². The maximum atomic E-state index is 12.7. The summed E-state index contributed by atoms with van der Waals surface area (Å²) in [5.74, 6) is 0. The van der Waals surface area contributed by atoms with Crippen molar-refractivity contribution in [2.75, 3.05) is 12.0 Å². The zero-order valence-electron chi connectivity index (χ0n) is 11.4. The van der Waals surface area contributed by atoms with Gasteiger partial charge in [-0.25, -0.2) is 4.98 Å². The van der Waals surface area contributed by atoms with E-state index in [4.69, 9.17) is 5.73 Å². The number of aromatic nitrogens is 1. The Morgan fingerprint density at radius 1 is 1.40 bits per heavy atom. The van der Waals surface area contributed by atoms with Gasteiger partial charge in [0.2, 0.25) is 0 Å². The summed E-state index contributed by atoms with van der Waals surface area (Å²) in [6, 6.07) is 2.16. The molecule has 6 heteroatoms. The number of halogens is 3. The summed E-state index contributed by atoms with van der Waals surface area (Å²) < 4.78 is 38.0. The highest BCUT2D eigenvalue weighted by Gasteiger charge is 2.33. The topological polar surface area (TPSA) is 38.9 Å². The van der Waals surface area contributed by atoms with E-state index in [0.717, 1.165) is 11.6 Å². The summed E-state index contributed by atoms with van der Waals surface area (Å²) in [7, 11) is 0. The molecule has 0 unspecified atom stereocenters. The van der Waals surface area contributed by atoms with E-state index in [1.54, 1.807) is 11.8 Å². The molecule has 0 radical (unpaired) electrons. The lowest BCUT2D eigenvalue weighted by Gasteiger charge is -2.11. The van der Waals surface area contributed by atoms with Crippen LogP contribution in [0.15, 0.2) is 29.7 Å². The molecule has 0 bridgehead atoms. The molecule has 1 aromatic rings. The van der Waals surface area contributed by atoms with Crippen LogP contribution in [-0.4, -0.2) is 11.2 Å². The summed E-state index contributed by atoms with van der Waals surface area (Å²) in [6.07, 6.45) is 2.48. The molecule has 0 fully saturated rings. The van der Waals surface area contributed by atoms with Crippen LogP contribution in [0.25, 0.3) is 5.57 Å². The number of nitrogens with two attached hydrogens (primary N) is 1. The molecule has 110 valence electrons. The van der Waals surface area contributed by atoms with Crippen LogP contribution in [0.1, 0.15) is 31.2 Å². The summed E-state index contributed by atoms with van der Waals surface area (Å²) >= 11 is 1.57. The maximum absolute atomic E-state index is 12.7. The molecular weight excluding hydrogens is 285 g/mol. The van der Waals surface area contributed by atoms with E-state index in [2.05, 4.69) is 4.98 Å². The van der Waals surface area contributed by atoms with Crippen LogP contribution in [0.2, 0.25) is 0 Å². The van der Waals surface area contributed by atoms with Gasteiger partial charge < -0.3 is 5.73 Å². The Balaban J connectivity index is 3.11. The molecule has 0 spiro atoms. The van der Waals surface area contributed by atoms with Crippen molar-refractivity contribution in [3.05, 3.63) is 41.1 Å². The Kier molecular flexibility index (Phi) is 6.13. The molecule has 0 saturated heterocycles. The number of hydrogen-bond acceptors (Lipinski definition) is 3. The normalized spacial score (nSPS) is 13.2. The average Bonchev–Trinajstić information content (AvgIpc) is 2.39. The monoisotopic (exact) mass is 302 g/mol. The van der Waals surface area contributed by atoms with Gasteiger partial charge in [-0.3, -0.25) is 0 Å². The number of anilines is 1. The predicted octanol–water partition coefficient (Wildman–Crippen LogP) is 4.74. The van der Waals surface area contributed by atoms with Gasteiger partial charge in [-0.15, -0.1) is 11.8 Å². The van der Waals surface area contributed by atoms with Gasteiger partial charge in [0.25, 0.3) is 0 Å². The molecule has 2 nitrogen and oxygen atoms in total. The first kappa shape index (κ1) is 16.6. The molecule has 20 heavy (non-hydrogen) atoms. The Morgan fingerprint density at radius 3 is 2.65 bits per heavy atom. The highest BCUT2D eigenvalue weighted by atomic mass is 32.2. The minimum Gasteiger partial charge on any atom is -0.397 e. The first-order valence-corrected chi connectivity index (χ1v) is 7.39. The lowest BCUT2D eigenvalue weighted by Crippen LogP contribution is -2.10. The van der Waals surface area contributed by atoms with Crippen LogP contribution in [0.5, 0.6) is 0 Å². The number of thioether (sulfide) groups is 1. The van der Waals surface area contributed by atoms with E-state index in [-0.39, 0.29) is 11.4 Å². The Bertz CT molecular complexity index is 508. The summed E-state index contributed by atoms with van der Waals surface area (Å²) in [5.41, 5.74) is 6.04. The Labute approximate surface area is 121 Å². The maximum Gasteiger partial charge on any atom is 0.433 e. The van der Waals surface area contributed by atoms with E-state index in [9.17, 15) is 13.2 Å². The van der Waals surface area contributed by atoms with Gasteiger partial charge in [0.1, 0.15) is 5.69 Å². The number of alkyl halides is 3. The van der Waals surface area contributed by atoms with Crippen molar-refractivity contribution in [3.63, 3.8) is 0 Å². The molecule has 1 aromatic heterocycles. The zero-order chi connectivity index (χ0) is 15.2. The lowest BCUT2D eigenvalue weighted by molar-refractivity contribution is -0.141. The third kappa shape index (κ3) is 4.59. The minimum atomic E-state index is -4.46. The quantitative estimate of drug-likeness (QED) is 0.853. The van der Waals surface area contributed by atoms with Crippen LogP contribution in [0.3, 0.4) is 0 Å². The summed E-state index contributed by atoms with van der Waals surface area (Å²) in [6.45, 7) is 1.87. The molecule has 0 aliphatic rings. The van der Waals surface area contributed by atoms with Crippen LogP contribution >= 0.6 is 11.8 Å². The van der Waals surface area contributed by atoms with Gasteiger partial charge in [0, 0.05) is 0 Å². The van der Waals surface area contributed by atoms with Crippen molar-refractivity contribution < 1.29 is 13.2 Å². The van der Waals surface area contributed by atoms with Gasteiger partial charge in [-0.2, -0.15) is 13.2 Å². The van der Waals surface area contributed by atoms with Crippen molar-refractivity contribution >= 4 is 23.0 Å². The standard InChI is InChI=1S/C14H17F3N2S/c1-3-10(6-4-5-9-20-2)13-11(18)7-8-12(19-13)14(15,16)17/h5-9H,3-4,18H2,1-2H3/b9-5+,10-6-. The van der Waals surface area contributed by atoms with Crippen molar-refractivity contribution in [2.24, 2.45) is 0 Å². The number of nitrogens with zero attached hydrogens (tertiary/aromatic N) is 1. The highest BCUT2D eigenvalue weighted by Crippen LogP contribution is 2.31. The molecule has 0 atom stereocenters. The zero-order valence-corrected chi connectivity index (χ0v) is 12.2. The second-order valence-electron chi connectivity index (χ2n) is 4.06. The number of hydrogen-bond donors (Lipinski definition) is 1. The smallest absolute Gasteiger partial charge is 0.397 e. The van der Waals surface area contributed by atoms with E-state index >= 15 is 0 Å². The second-order valence-corrected chi connectivity index (χ2v) is 4.80. The molecule has 1 rings (SSSR count). The van der Waals surface area contributed by atoms with Crippen LogP contribution in [0.4, 0.5) is 18.9 Å². The third-order valence-electron chi connectivity index (χ3n) is 2.63. The number of nitrogen functional groups attached to an aromatic ring is 1. The van der Waals surface area contributed by atoms with Crippen molar-refractivity contribution in [1.29, 1.82) is 0 Å². The molecule has 0 amide bonds. The fourth-order valence-electron chi connectivity index (χ4n) is 1.66. The fourth-order valence-corrected chi connectivity index (χ4v) is 1.96. The van der Waals surface area contributed by atoms with Crippen LogP contribution in [-0.2, 0) is 6.18 Å². The largest absolute Gasteiger partial charge is 0.433 e. The lowest BCUT2D eigenvalue weighted by atomic mass is 10.1. The molecule has 0 aromatic carbocycles. The SMILES string of the molecule is CC/C(=C/C/C=C/SC)c1nc(C(F)(F)F)ccc1N. The van der Waals surface area contributed by atoms with E-state index in [1.165, 1.54) is 6.07 Å². The Hall–Kier alpha value is -1.43. The van der Waals surface area contributed by atoms with Crippen LogP contribution < -0.4 is 5.73 Å². The molecule has 0 aliphatic carbocycles. The molecule has 2 N–H and O–H groups in total. The number of pyridine rings is 1. The Morgan fingerprint density at radius 2 is 2.10 bits per heavy atom. The number of rotatable bonds is 5. The minimum absolute atomic E-state index is 0.222. The molecule has 0 aliphatic heterocycles. The predicted molar refractivity (Wildman–Crippen MR) is 79.2 cm³/mol. The summed E-state index contributed by atoms with van der Waals surface area (Å²) in [4.78, 5) is 3.67. The van der Waals surface area contributed by atoms with Crippen LogP contribution in [0, 0.1) is 0 Å². The molecule has 0 saturated carbocycles. The van der Waals surface area contributed by atoms with Gasteiger partial charge in [0.15, 0.2) is 0 Å². The second kappa shape index (κ2) is 7.38. The van der Waals surface area contributed by atoms with E-state index < -0.39 is 11.9 Å². The molecule has 1 heterocycles. The van der Waals surface area contributed by atoms with Gasteiger partial charge in [-0.1, -0.05) is 19.1 Å². The van der Waals surface area contributed by atoms with Crippen molar-refractivity contribution in [2.45, 2.75) is 25.9 Å². The van der Waals surface area contributed by atoms with E-state index in [0.29, 0.717) is 12.8 Å². The third-order valence-corrected chi connectivity index (χ3v) is 3.10. The first-order chi connectivity index (χ1) is 9.40. The molecular formula is C14H17F3N2S. The summed E-state index contributed by atoms with van der Waals surface area (Å²) in [5, 5.41) is 1.92. The average molecular weight is 302 g/mol. The van der Waals surface area contributed by atoms with Crippen molar-refractivity contribution in [3.8, 4) is 0 Å². The van der Waals surface area contributed by atoms with Crippen molar-refractivity contribution in [1.82, 2.24) is 4.98 Å². The fraction of sp³-hybridized carbons (Fsp3) is 0.357. The van der Waals surface area contributed by atoms with Gasteiger partial charge in [-0.05, 0) is 42.2 Å². The highest BCUT2D eigenvalue weighted by molar-refractivity contribution is 8.01. The van der Waals surface area contributed by atoms with Gasteiger partial charge in [0.05, 0.1) is 11.4 Å².